The van der Waals surface area contributed by atoms with E-state index in [1.807, 2.05) is 31.4 Å². The molecule has 5 aromatic rings. The molecule has 3 N–H and O–H groups in total. The van der Waals surface area contributed by atoms with Gasteiger partial charge >= 0.3 is 0 Å². The van der Waals surface area contributed by atoms with Crippen LogP contribution in [0.5, 0.6) is 0 Å². The number of pyridine rings is 1. The summed E-state index contributed by atoms with van der Waals surface area (Å²) in [7, 11) is 2.03. The third-order valence-electron chi connectivity index (χ3n) is 8.73. The zero-order valence-corrected chi connectivity index (χ0v) is 23.0. The Bertz CT molecular complexity index is 1630. The molecule has 1 saturated carbocycles. The van der Waals surface area contributed by atoms with Gasteiger partial charge in [0.2, 0.25) is 0 Å². The lowest BCUT2D eigenvalue weighted by molar-refractivity contribution is 0.0504. The molecule has 2 aromatic carbocycles. The summed E-state index contributed by atoms with van der Waals surface area (Å²) in [6.45, 7) is 6.81. The highest BCUT2D eigenvalue weighted by atomic mass is 15.3. The topological polar surface area (TPSA) is 87.6 Å². The van der Waals surface area contributed by atoms with Crippen LogP contribution >= 0.6 is 0 Å². The van der Waals surface area contributed by atoms with Crippen molar-refractivity contribution >= 4 is 22.2 Å². The van der Waals surface area contributed by atoms with Gasteiger partial charge in [0.05, 0.1) is 11.2 Å². The van der Waals surface area contributed by atoms with Gasteiger partial charge in [-0.25, -0.2) is 15.0 Å². The number of imidazole rings is 1. The second-order valence-corrected chi connectivity index (χ2v) is 11.1. The number of likely N-dealkylation sites (N-methyl/N-ethyl adjacent to an activating group) is 1. The molecule has 3 aromatic heterocycles. The molecule has 0 radical (unpaired) electrons. The van der Waals surface area contributed by atoms with Crippen LogP contribution in [0.15, 0.2) is 73.1 Å². The van der Waals surface area contributed by atoms with Crippen molar-refractivity contribution in [1.29, 1.82) is 0 Å². The molecule has 2 aliphatic rings. The SMILES string of the molecule is CNCCN1CCN(C2CC(c3nc(-c4ccc5ccc(-c6ccccc6)nc5c4)c4c(N)nccn34)C2)CC1. The molecule has 0 amide bonds. The molecule has 8 heteroatoms. The van der Waals surface area contributed by atoms with Gasteiger partial charge in [0.15, 0.2) is 0 Å². The Balaban J connectivity index is 1.16. The van der Waals surface area contributed by atoms with E-state index in [-0.39, 0.29) is 0 Å². The lowest BCUT2D eigenvalue weighted by atomic mass is 9.78. The predicted molar refractivity (Wildman–Crippen MR) is 161 cm³/mol. The van der Waals surface area contributed by atoms with E-state index in [1.54, 1.807) is 6.20 Å². The van der Waals surface area contributed by atoms with E-state index in [0.29, 0.717) is 17.8 Å². The Morgan fingerprint density at radius 1 is 0.925 bits per heavy atom. The molecule has 2 fully saturated rings. The molecule has 40 heavy (non-hydrogen) atoms. The smallest absolute Gasteiger partial charge is 0.150 e. The number of hydrogen-bond donors (Lipinski definition) is 2. The summed E-state index contributed by atoms with van der Waals surface area (Å²) in [6, 6.07) is 21.5. The number of hydrogen-bond acceptors (Lipinski definition) is 7. The van der Waals surface area contributed by atoms with Crippen LogP contribution in [0.2, 0.25) is 0 Å². The normalized spacial score (nSPS) is 20.2. The molecular weight excluding hydrogens is 496 g/mol. The largest absolute Gasteiger partial charge is 0.382 e. The fourth-order valence-electron chi connectivity index (χ4n) is 6.33. The first-order valence-electron chi connectivity index (χ1n) is 14.4. The summed E-state index contributed by atoms with van der Waals surface area (Å²) in [4.78, 5) is 19.9. The second kappa shape index (κ2) is 10.6. The second-order valence-electron chi connectivity index (χ2n) is 11.1. The molecule has 8 nitrogen and oxygen atoms in total. The monoisotopic (exact) mass is 532 g/mol. The summed E-state index contributed by atoms with van der Waals surface area (Å²) in [5.74, 6) is 2.02. The van der Waals surface area contributed by atoms with Crippen molar-refractivity contribution in [1.82, 2.24) is 34.5 Å². The highest BCUT2D eigenvalue weighted by molar-refractivity contribution is 5.91. The van der Waals surface area contributed by atoms with E-state index >= 15 is 0 Å². The van der Waals surface area contributed by atoms with Crippen LogP contribution in [0.25, 0.3) is 38.9 Å². The first-order valence-corrected chi connectivity index (χ1v) is 14.4. The van der Waals surface area contributed by atoms with Gasteiger partial charge < -0.3 is 11.1 Å². The van der Waals surface area contributed by atoms with Crippen molar-refractivity contribution in [3.05, 3.63) is 78.9 Å². The van der Waals surface area contributed by atoms with Crippen LogP contribution in [-0.4, -0.2) is 81.5 Å². The minimum Gasteiger partial charge on any atom is -0.382 e. The van der Waals surface area contributed by atoms with Gasteiger partial charge in [-0.05, 0) is 32.0 Å². The first-order chi connectivity index (χ1) is 19.7. The van der Waals surface area contributed by atoms with Gasteiger partial charge in [-0.15, -0.1) is 0 Å². The van der Waals surface area contributed by atoms with Crippen LogP contribution in [0, 0.1) is 0 Å². The lowest BCUT2D eigenvalue weighted by Crippen LogP contribution is -2.54. The van der Waals surface area contributed by atoms with Crippen molar-refractivity contribution in [3.8, 4) is 22.5 Å². The van der Waals surface area contributed by atoms with E-state index in [9.17, 15) is 0 Å². The predicted octanol–water partition coefficient (Wildman–Crippen LogP) is 4.28. The Kier molecular flexibility index (Phi) is 6.67. The molecule has 0 spiro atoms. The first kappa shape index (κ1) is 25.1. The maximum Gasteiger partial charge on any atom is 0.150 e. The Labute approximate surface area is 234 Å². The van der Waals surface area contributed by atoms with Crippen molar-refractivity contribution in [2.24, 2.45) is 0 Å². The Hall–Kier alpha value is -3.85. The van der Waals surface area contributed by atoms with Gasteiger partial charge in [0.1, 0.15) is 22.9 Å². The van der Waals surface area contributed by atoms with Gasteiger partial charge in [-0.3, -0.25) is 14.2 Å². The molecule has 0 atom stereocenters. The van der Waals surface area contributed by atoms with Crippen molar-refractivity contribution in [3.63, 3.8) is 0 Å². The van der Waals surface area contributed by atoms with Crippen LogP contribution in [0.4, 0.5) is 5.82 Å². The minimum atomic E-state index is 0.415. The quantitative estimate of drug-likeness (QED) is 0.324. The summed E-state index contributed by atoms with van der Waals surface area (Å²) >= 11 is 0. The fourth-order valence-corrected chi connectivity index (χ4v) is 6.33. The molecule has 4 heterocycles. The zero-order chi connectivity index (χ0) is 27.1. The van der Waals surface area contributed by atoms with Crippen LogP contribution in [0.1, 0.15) is 24.6 Å². The number of rotatable bonds is 7. The third-order valence-corrected chi connectivity index (χ3v) is 8.73. The maximum absolute atomic E-state index is 6.47. The number of nitrogen functional groups attached to an aromatic ring is 1. The third kappa shape index (κ3) is 4.62. The molecule has 1 aliphatic heterocycles. The number of benzene rings is 2. The van der Waals surface area contributed by atoms with E-state index < -0.39 is 0 Å². The van der Waals surface area contributed by atoms with Gasteiger partial charge in [0.25, 0.3) is 0 Å². The number of nitrogens with one attached hydrogen (secondary N) is 1. The molecular formula is C32H36N8. The van der Waals surface area contributed by atoms with E-state index in [1.165, 1.54) is 0 Å². The molecule has 7 rings (SSSR count). The van der Waals surface area contributed by atoms with Crippen molar-refractivity contribution in [2.75, 3.05) is 52.0 Å². The summed E-state index contributed by atoms with van der Waals surface area (Å²) in [6.07, 6.45) is 6.07. The fraction of sp³-hybridized carbons (Fsp3) is 0.344. The van der Waals surface area contributed by atoms with Crippen molar-refractivity contribution < 1.29 is 0 Å². The average Bonchev–Trinajstić information content (AvgIpc) is 3.36. The molecule has 0 unspecified atom stereocenters. The number of piperazine rings is 1. The standard InChI is InChI=1S/C32H36N8/c1-34-11-13-38-15-17-39(18-16-38)26-19-25(20-26)32-37-29(30-31(33)35-12-14-40(30)32)24-8-7-23-9-10-27(36-28(23)21-24)22-5-3-2-4-6-22/h2-10,12,14,21,25-26,34H,11,13,15-20H2,1H3,(H2,33,35). The number of aromatic nitrogens is 4. The zero-order valence-electron chi connectivity index (χ0n) is 23.0. The summed E-state index contributed by atoms with van der Waals surface area (Å²) < 4.78 is 2.17. The average molecular weight is 533 g/mol. The summed E-state index contributed by atoms with van der Waals surface area (Å²) in [5.41, 5.74) is 12.3. The molecule has 0 bridgehead atoms. The van der Waals surface area contributed by atoms with Gasteiger partial charge in [-0.1, -0.05) is 48.5 Å². The summed E-state index contributed by atoms with van der Waals surface area (Å²) in [5, 5.41) is 4.37. The minimum absolute atomic E-state index is 0.415. The van der Waals surface area contributed by atoms with E-state index in [0.717, 1.165) is 96.9 Å². The van der Waals surface area contributed by atoms with E-state index in [2.05, 4.69) is 67.0 Å². The van der Waals surface area contributed by atoms with Gasteiger partial charge in [0, 0.05) is 80.1 Å². The Morgan fingerprint density at radius 3 is 2.52 bits per heavy atom. The molecule has 204 valence electrons. The number of nitrogens with two attached hydrogens (primary N) is 1. The lowest BCUT2D eigenvalue weighted by Gasteiger charge is -2.46. The molecule has 1 saturated heterocycles. The van der Waals surface area contributed by atoms with Gasteiger partial charge in [-0.2, -0.15) is 0 Å². The maximum atomic E-state index is 6.47. The van der Waals surface area contributed by atoms with Crippen LogP contribution < -0.4 is 11.1 Å². The highest BCUT2D eigenvalue weighted by Gasteiger charge is 2.38. The molecule has 1 aliphatic carbocycles. The van der Waals surface area contributed by atoms with E-state index in [4.69, 9.17) is 15.7 Å². The highest BCUT2D eigenvalue weighted by Crippen LogP contribution is 2.42. The van der Waals surface area contributed by atoms with Crippen LogP contribution in [0.3, 0.4) is 0 Å². The Morgan fingerprint density at radius 2 is 1.73 bits per heavy atom. The van der Waals surface area contributed by atoms with Crippen molar-refractivity contribution in [2.45, 2.75) is 24.8 Å². The number of nitrogens with zero attached hydrogens (tertiary/aromatic N) is 6. The number of anilines is 1. The number of fused-ring (bicyclic) bond motifs is 2. The van der Waals surface area contributed by atoms with Crippen LogP contribution in [-0.2, 0) is 0 Å².